The molecule has 0 amide bonds. The topological polar surface area (TPSA) is 118 Å². The zero-order valence-electron chi connectivity index (χ0n) is 32.6. The molecule has 0 radical (unpaired) electrons. The fraction of sp³-hybridized carbons (Fsp3) is 0.513. The third-order valence-electron chi connectivity index (χ3n) is 6.11. The molecular weight excluding hydrogens is 621 g/mol. The average molecular weight is 692 g/mol. The third-order valence-corrected chi connectivity index (χ3v) is 6.63. The Kier molecular flexibility index (Phi) is 36.9. The van der Waals surface area contributed by atoms with Crippen LogP contribution in [0.15, 0.2) is 89.5 Å². The van der Waals surface area contributed by atoms with Crippen LogP contribution in [-0.2, 0) is 20.2 Å². The van der Waals surface area contributed by atoms with E-state index in [1.165, 1.54) is 59.7 Å². The van der Waals surface area contributed by atoms with Gasteiger partial charge in [-0.3, -0.25) is 9.52 Å². The molecule has 2 aliphatic carbocycles. The standard InChI is InChI=1S/C24H30N2.C4H6.C3H9O5P.C3H8.2C2H6.CH5N/c1-6-17(5)24-22-12-10-20(25-7-2)15-18(22)14-19-16-21(11-13-23(19)24)26(8-3)9-4;1-3-4-2;1-7-2-3-8-9(4,5)6;1-3-2;3*1-2/h6,10-13,15-16H,7-9,14H2,1-5H3;3-4H,1-2H2;2-3H2,1H3,(H2,4,5,6);3H2,1-2H3;2*1-2H3;2H2,1H3/b17-6+,25-20?;;;;;;. The van der Waals surface area contributed by atoms with E-state index >= 15 is 0 Å². The molecule has 1 aromatic carbocycles. The maximum absolute atomic E-state index is 9.92. The Balaban J connectivity index is -0.000000364. The van der Waals surface area contributed by atoms with Crippen molar-refractivity contribution in [3.63, 3.8) is 0 Å². The summed E-state index contributed by atoms with van der Waals surface area (Å²) in [5.41, 5.74) is 15.2. The van der Waals surface area contributed by atoms with Crippen LogP contribution < -0.4 is 10.6 Å². The van der Waals surface area contributed by atoms with Gasteiger partial charge < -0.3 is 25.2 Å². The van der Waals surface area contributed by atoms with Crippen molar-refractivity contribution in [3.05, 3.63) is 95.7 Å². The number of fused-ring (bicyclic) bond motifs is 2. The second-order valence-corrected chi connectivity index (χ2v) is 10.6. The van der Waals surface area contributed by atoms with Crippen molar-refractivity contribution in [1.29, 1.82) is 0 Å². The molecule has 0 atom stereocenters. The second-order valence-electron chi connectivity index (χ2n) is 9.35. The van der Waals surface area contributed by atoms with Crippen LogP contribution >= 0.6 is 7.82 Å². The van der Waals surface area contributed by atoms with Gasteiger partial charge in [0.05, 0.1) is 18.9 Å². The molecule has 1 aromatic rings. The Morgan fingerprint density at radius 3 is 1.96 bits per heavy atom. The molecule has 2 aliphatic rings. The first-order chi connectivity index (χ1) is 23.0. The van der Waals surface area contributed by atoms with Crippen LogP contribution in [0.3, 0.4) is 0 Å². The summed E-state index contributed by atoms with van der Waals surface area (Å²) in [6, 6.07) is 6.98. The van der Waals surface area contributed by atoms with E-state index in [-0.39, 0.29) is 13.2 Å². The number of methoxy groups -OCH3 is 1. The van der Waals surface area contributed by atoms with Gasteiger partial charge in [0.2, 0.25) is 0 Å². The van der Waals surface area contributed by atoms with Crippen LogP contribution in [0.4, 0.5) is 5.69 Å². The molecular formula is C39H70N3O5P. The molecule has 0 unspecified atom stereocenters. The number of aliphatic imine (C=N–C) groups is 1. The molecule has 3 rings (SSSR count). The molecule has 9 heteroatoms. The fourth-order valence-corrected chi connectivity index (χ4v) is 4.48. The predicted octanol–water partition coefficient (Wildman–Crippen LogP) is 9.91. The molecule has 0 spiro atoms. The highest BCUT2D eigenvalue weighted by atomic mass is 31.2. The lowest BCUT2D eigenvalue weighted by molar-refractivity contribution is 0.120. The number of allylic oxidation sites excluding steroid dienone is 10. The quantitative estimate of drug-likeness (QED) is 0.127. The summed E-state index contributed by atoms with van der Waals surface area (Å²) in [4.78, 5) is 23.2. The minimum Gasteiger partial charge on any atom is -0.382 e. The van der Waals surface area contributed by atoms with Crippen molar-refractivity contribution in [3.8, 4) is 0 Å². The summed E-state index contributed by atoms with van der Waals surface area (Å²) in [5.74, 6) is 0. The first-order valence-electron chi connectivity index (χ1n) is 17.2. The van der Waals surface area contributed by atoms with Gasteiger partial charge in [-0.1, -0.05) is 91.5 Å². The number of hydrogen-bond acceptors (Lipinski definition) is 6. The Morgan fingerprint density at radius 2 is 1.54 bits per heavy atom. The molecule has 0 saturated heterocycles. The van der Waals surface area contributed by atoms with Gasteiger partial charge in [-0.05, 0) is 106 Å². The lowest BCUT2D eigenvalue weighted by Gasteiger charge is -2.29. The van der Waals surface area contributed by atoms with Crippen molar-refractivity contribution < 1.29 is 23.6 Å². The second kappa shape index (κ2) is 34.0. The largest absolute Gasteiger partial charge is 0.469 e. The molecule has 0 aromatic heterocycles. The van der Waals surface area contributed by atoms with Gasteiger partial charge in [0.1, 0.15) is 0 Å². The normalized spacial score (nSPS) is 13.1. The number of phosphoric ester groups is 1. The summed E-state index contributed by atoms with van der Waals surface area (Å²) in [6.45, 7) is 32.9. The van der Waals surface area contributed by atoms with E-state index in [0.29, 0.717) is 0 Å². The number of rotatable bonds is 10. The molecule has 0 bridgehead atoms. The zero-order valence-corrected chi connectivity index (χ0v) is 33.5. The van der Waals surface area contributed by atoms with E-state index < -0.39 is 7.82 Å². The summed E-state index contributed by atoms with van der Waals surface area (Å²) in [6.07, 6.45) is 14.4. The van der Waals surface area contributed by atoms with Crippen molar-refractivity contribution >= 4 is 24.8 Å². The average Bonchev–Trinajstić information content (AvgIpc) is 3.10. The van der Waals surface area contributed by atoms with Crippen LogP contribution in [0.5, 0.6) is 0 Å². The van der Waals surface area contributed by atoms with Gasteiger partial charge in [-0.15, -0.1) is 0 Å². The molecule has 276 valence electrons. The fourth-order valence-electron chi connectivity index (χ4n) is 4.17. The monoisotopic (exact) mass is 692 g/mol. The van der Waals surface area contributed by atoms with Crippen LogP contribution in [0.1, 0.15) is 93.7 Å². The van der Waals surface area contributed by atoms with E-state index in [0.717, 1.165) is 31.8 Å². The Labute approximate surface area is 295 Å². The third kappa shape index (κ3) is 21.9. The summed E-state index contributed by atoms with van der Waals surface area (Å²) in [5, 5.41) is 0. The van der Waals surface area contributed by atoms with Gasteiger partial charge in [0.25, 0.3) is 0 Å². The zero-order chi connectivity index (χ0) is 38.1. The van der Waals surface area contributed by atoms with Crippen molar-refractivity contribution in [2.45, 2.75) is 89.0 Å². The summed E-state index contributed by atoms with van der Waals surface area (Å²) < 4.78 is 18.4. The van der Waals surface area contributed by atoms with Crippen LogP contribution in [0.25, 0.3) is 5.57 Å². The van der Waals surface area contributed by atoms with E-state index in [2.05, 4.69) is 129 Å². The Morgan fingerprint density at radius 1 is 1.00 bits per heavy atom. The first kappa shape index (κ1) is 52.0. The van der Waals surface area contributed by atoms with E-state index in [9.17, 15) is 4.57 Å². The summed E-state index contributed by atoms with van der Waals surface area (Å²) in [7, 11) is -1.36. The SMILES string of the molecule is C/C=C(\C)C1=C2C=CC(=NCC)C=C2Cc2cc(N(CC)CC)ccc21.C=CC=C.CC.CC.CCC.CN.COCCOP(=O)(O)O. The van der Waals surface area contributed by atoms with Gasteiger partial charge in [-0.25, -0.2) is 4.57 Å². The lowest BCUT2D eigenvalue weighted by Crippen LogP contribution is -2.22. The van der Waals surface area contributed by atoms with Crippen LogP contribution in [0, 0.1) is 0 Å². The molecule has 4 N–H and O–H groups in total. The highest BCUT2D eigenvalue weighted by Gasteiger charge is 2.24. The predicted molar refractivity (Wildman–Crippen MR) is 214 cm³/mol. The molecule has 0 fully saturated rings. The number of anilines is 1. The number of nitrogens with zero attached hydrogens (tertiary/aromatic N) is 2. The van der Waals surface area contributed by atoms with Gasteiger partial charge >= 0.3 is 7.82 Å². The highest BCUT2D eigenvalue weighted by molar-refractivity contribution is 7.46. The molecule has 0 heterocycles. The van der Waals surface area contributed by atoms with Crippen molar-refractivity contribution in [2.75, 3.05) is 51.9 Å². The van der Waals surface area contributed by atoms with Crippen LogP contribution in [0.2, 0.25) is 0 Å². The van der Waals surface area contributed by atoms with Gasteiger partial charge in [0, 0.05) is 32.4 Å². The number of phosphoric acid groups is 1. The van der Waals surface area contributed by atoms with E-state index in [1.54, 1.807) is 12.2 Å². The van der Waals surface area contributed by atoms with E-state index in [4.69, 9.17) is 9.79 Å². The maximum Gasteiger partial charge on any atom is 0.469 e. The molecule has 8 nitrogen and oxygen atoms in total. The number of benzene rings is 1. The van der Waals surface area contributed by atoms with E-state index in [1.807, 2.05) is 27.7 Å². The minimum absolute atomic E-state index is 0.0826. The summed E-state index contributed by atoms with van der Waals surface area (Å²) >= 11 is 0. The smallest absolute Gasteiger partial charge is 0.382 e. The number of hydrogen-bond donors (Lipinski definition) is 3. The van der Waals surface area contributed by atoms with Crippen LogP contribution in [-0.4, -0.2) is 62.5 Å². The molecule has 0 aliphatic heterocycles. The minimum atomic E-state index is -4.28. The Hall–Kier alpha value is -2.84. The Bertz CT molecular complexity index is 1180. The number of ether oxygens (including phenoxy) is 1. The maximum atomic E-state index is 9.92. The lowest BCUT2D eigenvalue weighted by atomic mass is 9.77. The van der Waals surface area contributed by atoms with Gasteiger partial charge in [0.15, 0.2) is 0 Å². The first-order valence-corrected chi connectivity index (χ1v) is 18.7. The molecule has 48 heavy (non-hydrogen) atoms. The number of nitrogens with two attached hydrogens (primary N) is 1. The molecule has 0 saturated carbocycles. The van der Waals surface area contributed by atoms with Crippen molar-refractivity contribution in [1.82, 2.24) is 0 Å². The van der Waals surface area contributed by atoms with Crippen molar-refractivity contribution in [2.24, 2.45) is 10.7 Å². The highest BCUT2D eigenvalue weighted by Crippen LogP contribution is 2.41. The van der Waals surface area contributed by atoms with Gasteiger partial charge in [-0.2, -0.15) is 0 Å².